The van der Waals surface area contributed by atoms with Crippen molar-refractivity contribution in [3.8, 4) is 0 Å². The highest BCUT2D eigenvalue weighted by atomic mass is 79.9. The second-order valence-corrected chi connectivity index (χ2v) is 5.38. The molecule has 0 saturated heterocycles. The summed E-state index contributed by atoms with van der Waals surface area (Å²) in [5, 5.41) is 0. The van der Waals surface area contributed by atoms with E-state index in [-0.39, 0.29) is 0 Å². The van der Waals surface area contributed by atoms with Crippen molar-refractivity contribution in [1.29, 1.82) is 0 Å². The molecular formula is C12H19BrO. The molecule has 1 rings (SSSR count). The molecule has 0 N–H and O–H groups in total. The van der Waals surface area contributed by atoms with Gasteiger partial charge in [-0.2, -0.15) is 0 Å². The molecule has 1 nitrogen and oxygen atoms in total. The lowest BCUT2D eigenvalue weighted by molar-refractivity contribution is 0.301. The summed E-state index contributed by atoms with van der Waals surface area (Å²) in [6, 6.07) is 0. The monoisotopic (exact) mass is 258 g/mol. The summed E-state index contributed by atoms with van der Waals surface area (Å²) >= 11 is 3.69. The van der Waals surface area contributed by atoms with Crippen molar-refractivity contribution in [1.82, 2.24) is 0 Å². The van der Waals surface area contributed by atoms with Gasteiger partial charge in [0.2, 0.25) is 0 Å². The van der Waals surface area contributed by atoms with Crippen LogP contribution in [0.1, 0.15) is 26.2 Å². The number of methoxy groups -OCH3 is 1. The number of hydrogen-bond acceptors (Lipinski definition) is 1. The highest BCUT2D eigenvalue weighted by Gasteiger charge is 2.24. The SMILES string of the molecule is C=C(/C=C\C1CC(Br)CCC1C)OC. The third kappa shape index (κ3) is 3.49. The van der Waals surface area contributed by atoms with E-state index in [0.29, 0.717) is 10.7 Å². The average Bonchev–Trinajstić information content (AvgIpc) is 2.19. The van der Waals surface area contributed by atoms with Crippen molar-refractivity contribution in [2.45, 2.75) is 31.0 Å². The predicted molar refractivity (Wildman–Crippen MR) is 64.5 cm³/mol. The molecule has 0 radical (unpaired) electrons. The largest absolute Gasteiger partial charge is 0.497 e. The average molecular weight is 259 g/mol. The van der Waals surface area contributed by atoms with Gasteiger partial charge in [-0.1, -0.05) is 35.5 Å². The maximum absolute atomic E-state index is 5.01. The number of ether oxygens (including phenoxy) is 1. The van der Waals surface area contributed by atoms with Crippen molar-refractivity contribution in [3.05, 3.63) is 24.5 Å². The third-order valence-electron chi connectivity index (χ3n) is 2.99. The Morgan fingerprint density at radius 3 is 2.86 bits per heavy atom. The lowest BCUT2D eigenvalue weighted by Gasteiger charge is -2.29. The van der Waals surface area contributed by atoms with Gasteiger partial charge in [0.15, 0.2) is 0 Å². The van der Waals surface area contributed by atoms with Crippen LogP contribution in [0.25, 0.3) is 0 Å². The van der Waals surface area contributed by atoms with Crippen molar-refractivity contribution in [3.63, 3.8) is 0 Å². The van der Waals surface area contributed by atoms with Gasteiger partial charge in [-0.05, 0) is 37.2 Å². The van der Waals surface area contributed by atoms with E-state index < -0.39 is 0 Å². The Kier molecular flexibility index (Phi) is 4.73. The van der Waals surface area contributed by atoms with Crippen molar-refractivity contribution in [2.24, 2.45) is 11.8 Å². The minimum Gasteiger partial charge on any atom is -0.497 e. The maximum atomic E-state index is 5.01. The van der Waals surface area contributed by atoms with Crippen LogP contribution in [0, 0.1) is 11.8 Å². The molecule has 0 aromatic heterocycles. The summed E-state index contributed by atoms with van der Waals surface area (Å²) in [5.74, 6) is 2.19. The molecule has 0 aliphatic heterocycles. The second kappa shape index (κ2) is 5.59. The van der Waals surface area contributed by atoms with Crippen LogP contribution >= 0.6 is 15.9 Å². The van der Waals surface area contributed by atoms with E-state index in [0.717, 1.165) is 11.7 Å². The zero-order valence-electron chi connectivity index (χ0n) is 9.00. The van der Waals surface area contributed by atoms with Crippen molar-refractivity contribution < 1.29 is 4.74 Å². The lowest BCUT2D eigenvalue weighted by Crippen LogP contribution is -2.21. The van der Waals surface area contributed by atoms with Crippen LogP contribution in [0.3, 0.4) is 0 Å². The van der Waals surface area contributed by atoms with E-state index in [4.69, 9.17) is 4.74 Å². The molecule has 1 fully saturated rings. The van der Waals surface area contributed by atoms with E-state index >= 15 is 0 Å². The molecule has 0 amide bonds. The van der Waals surface area contributed by atoms with Crippen molar-refractivity contribution >= 4 is 15.9 Å². The smallest absolute Gasteiger partial charge is 0.111 e. The Labute approximate surface area is 95.3 Å². The number of alkyl halides is 1. The van der Waals surface area contributed by atoms with Crippen LogP contribution in [0.15, 0.2) is 24.5 Å². The van der Waals surface area contributed by atoms with Crippen LogP contribution in [-0.2, 0) is 4.74 Å². The van der Waals surface area contributed by atoms with Gasteiger partial charge in [0.25, 0.3) is 0 Å². The summed E-state index contributed by atoms with van der Waals surface area (Å²) in [6.07, 6.45) is 8.08. The van der Waals surface area contributed by atoms with Crippen molar-refractivity contribution in [2.75, 3.05) is 7.11 Å². The molecule has 3 unspecified atom stereocenters. The first-order valence-corrected chi connectivity index (χ1v) is 6.10. The minimum atomic E-state index is 0.667. The van der Waals surface area contributed by atoms with Gasteiger partial charge in [-0.15, -0.1) is 0 Å². The Morgan fingerprint density at radius 2 is 2.21 bits per heavy atom. The molecule has 1 aliphatic carbocycles. The van der Waals surface area contributed by atoms with Gasteiger partial charge in [0, 0.05) is 4.83 Å². The quantitative estimate of drug-likeness (QED) is 0.424. The molecule has 3 atom stereocenters. The van der Waals surface area contributed by atoms with E-state index in [1.54, 1.807) is 7.11 Å². The standard InChI is InChI=1S/C12H19BrO/c1-9-4-7-12(13)8-11(9)6-5-10(2)14-3/h5-6,9,11-12H,2,4,7-8H2,1,3H3/b6-5-. The van der Waals surface area contributed by atoms with E-state index in [2.05, 4.69) is 35.5 Å². The van der Waals surface area contributed by atoms with Crippen LogP contribution < -0.4 is 0 Å². The Hall–Kier alpha value is -0.240. The number of hydrogen-bond donors (Lipinski definition) is 0. The van der Waals surface area contributed by atoms with Crippen LogP contribution in [0.2, 0.25) is 0 Å². The molecule has 14 heavy (non-hydrogen) atoms. The maximum Gasteiger partial charge on any atom is 0.111 e. The summed E-state index contributed by atoms with van der Waals surface area (Å²) < 4.78 is 5.01. The first-order valence-electron chi connectivity index (χ1n) is 5.18. The second-order valence-electron chi connectivity index (χ2n) is 4.08. The van der Waals surface area contributed by atoms with Gasteiger partial charge in [0.05, 0.1) is 7.11 Å². The normalized spacial score (nSPS) is 33.2. The number of allylic oxidation sites excluding steroid dienone is 2. The zero-order chi connectivity index (χ0) is 10.6. The zero-order valence-corrected chi connectivity index (χ0v) is 10.6. The topological polar surface area (TPSA) is 9.23 Å². The van der Waals surface area contributed by atoms with Crippen LogP contribution in [-0.4, -0.2) is 11.9 Å². The van der Waals surface area contributed by atoms with E-state index in [9.17, 15) is 0 Å². The fourth-order valence-corrected chi connectivity index (χ4v) is 2.57. The first kappa shape index (κ1) is 11.8. The molecule has 0 spiro atoms. The van der Waals surface area contributed by atoms with E-state index in [1.165, 1.54) is 19.3 Å². The van der Waals surface area contributed by atoms with Crippen LogP contribution in [0.5, 0.6) is 0 Å². The van der Waals surface area contributed by atoms with Gasteiger partial charge in [0.1, 0.15) is 5.76 Å². The molecule has 0 heterocycles. The summed E-state index contributed by atoms with van der Waals surface area (Å²) in [4.78, 5) is 0.684. The Morgan fingerprint density at radius 1 is 1.50 bits per heavy atom. The van der Waals surface area contributed by atoms with Gasteiger partial charge in [-0.3, -0.25) is 0 Å². The van der Waals surface area contributed by atoms with Crippen LogP contribution in [0.4, 0.5) is 0 Å². The molecule has 0 bridgehead atoms. The fraction of sp³-hybridized carbons (Fsp3) is 0.667. The fourth-order valence-electron chi connectivity index (χ4n) is 1.87. The number of rotatable bonds is 3. The predicted octanol–water partition coefficient (Wildman–Crippen LogP) is 3.90. The first-order chi connectivity index (χ1) is 6.63. The molecule has 1 saturated carbocycles. The Bertz CT molecular complexity index is 222. The third-order valence-corrected chi connectivity index (χ3v) is 3.82. The summed E-state index contributed by atoms with van der Waals surface area (Å²) in [5.41, 5.74) is 0. The summed E-state index contributed by atoms with van der Waals surface area (Å²) in [7, 11) is 1.66. The Balaban J connectivity index is 2.49. The minimum absolute atomic E-state index is 0.667. The number of halogens is 1. The van der Waals surface area contributed by atoms with E-state index in [1.807, 2.05) is 6.08 Å². The lowest BCUT2D eigenvalue weighted by atomic mass is 9.80. The van der Waals surface area contributed by atoms with Gasteiger partial charge in [-0.25, -0.2) is 0 Å². The highest BCUT2D eigenvalue weighted by Crippen LogP contribution is 2.34. The molecule has 80 valence electrons. The highest BCUT2D eigenvalue weighted by molar-refractivity contribution is 9.09. The summed E-state index contributed by atoms with van der Waals surface area (Å²) in [6.45, 7) is 6.10. The molecule has 1 aliphatic rings. The van der Waals surface area contributed by atoms with Gasteiger partial charge < -0.3 is 4.74 Å². The molecule has 0 aromatic rings. The molecular weight excluding hydrogens is 240 g/mol. The molecule has 0 aromatic carbocycles. The molecule has 2 heteroatoms. The van der Waals surface area contributed by atoms with Gasteiger partial charge >= 0.3 is 0 Å².